The summed E-state index contributed by atoms with van der Waals surface area (Å²) in [7, 11) is 1.59. The molecule has 3 atom stereocenters. The number of hydrogen-bond donors (Lipinski definition) is 3. The van der Waals surface area contributed by atoms with Crippen molar-refractivity contribution in [3.05, 3.63) is 0 Å². The molecule has 0 aliphatic carbocycles. The predicted molar refractivity (Wildman–Crippen MR) is 62.8 cm³/mol. The number of aliphatic hydroxyl groups is 1. The monoisotopic (exact) mass is 246 g/mol. The minimum atomic E-state index is -0.296. The quantitative estimate of drug-likeness (QED) is 0.623. The Bertz CT molecular complexity index is 248. The lowest BCUT2D eigenvalue weighted by atomic mass is 10.1. The molecule has 2 amide bonds. The van der Waals surface area contributed by atoms with Gasteiger partial charge in [0.05, 0.1) is 31.9 Å². The van der Waals surface area contributed by atoms with E-state index in [0.717, 1.165) is 0 Å². The van der Waals surface area contributed by atoms with E-state index in [-0.39, 0.29) is 36.7 Å². The first-order chi connectivity index (χ1) is 8.08. The molecular weight excluding hydrogens is 224 g/mol. The van der Waals surface area contributed by atoms with Crippen molar-refractivity contribution < 1.29 is 19.4 Å². The molecule has 0 bridgehead atoms. The third kappa shape index (κ3) is 4.14. The molecule has 0 unspecified atom stereocenters. The van der Waals surface area contributed by atoms with Crippen molar-refractivity contribution in [2.24, 2.45) is 5.92 Å². The standard InChI is InChI=1S/C11H22N2O4/c1-7(2)8(4-14)12-11(15)13-9-5-17-6-10(9)16-3/h7-10,14H,4-6H2,1-3H3,(H2,12,13,15)/t8-,9-,10+/m0/s1. The minimum Gasteiger partial charge on any atom is -0.394 e. The van der Waals surface area contributed by atoms with Gasteiger partial charge in [-0.2, -0.15) is 0 Å². The summed E-state index contributed by atoms with van der Waals surface area (Å²) in [4.78, 5) is 11.7. The molecule has 0 aromatic carbocycles. The Labute approximate surface area is 102 Å². The third-order valence-corrected chi connectivity index (χ3v) is 2.97. The fourth-order valence-corrected chi connectivity index (χ4v) is 1.70. The van der Waals surface area contributed by atoms with Gasteiger partial charge in [-0.15, -0.1) is 0 Å². The number of methoxy groups -OCH3 is 1. The molecular formula is C11H22N2O4. The first kappa shape index (κ1) is 14.2. The smallest absolute Gasteiger partial charge is 0.315 e. The fourth-order valence-electron chi connectivity index (χ4n) is 1.70. The highest BCUT2D eigenvalue weighted by atomic mass is 16.5. The first-order valence-electron chi connectivity index (χ1n) is 5.87. The highest BCUT2D eigenvalue weighted by molar-refractivity contribution is 5.74. The van der Waals surface area contributed by atoms with Crippen LogP contribution in [0, 0.1) is 5.92 Å². The number of urea groups is 1. The number of amides is 2. The van der Waals surface area contributed by atoms with Crippen LogP contribution in [0.25, 0.3) is 0 Å². The molecule has 0 saturated carbocycles. The van der Waals surface area contributed by atoms with Crippen molar-refractivity contribution >= 4 is 6.03 Å². The first-order valence-corrected chi connectivity index (χ1v) is 5.87. The molecule has 0 spiro atoms. The minimum absolute atomic E-state index is 0.0695. The zero-order chi connectivity index (χ0) is 12.8. The van der Waals surface area contributed by atoms with E-state index >= 15 is 0 Å². The lowest BCUT2D eigenvalue weighted by Gasteiger charge is -2.23. The average molecular weight is 246 g/mol. The van der Waals surface area contributed by atoms with Crippen molar-refractivity contribution in [1.29, 1.82) is 0 Å². The van der Waals surface area contributed by atoms with E-state index in [0.29, 0.717) is 13.2 Å². The van der Waals surface area contributed by atoms with Crippen molar-refractivity contribution in [2.45, 2.75) is 32.0 Å². The molecule has 0 aromatic rings. The van der Waals surface area contributed by atoms with E-state index in [9.17, 15) is 4.79 Å². The summed E-state index contributed by atoms with van der Waals surface area (Å²) in [5.41, 5.74) is 0. The van der Waals surface area contributed by atoms with Crippen LogP contribution in [-0.4, -0.2) is 56.3 Å². The van der Waals surface area contributed by atoms with Crippen molar-refractivity contribution in [3.63, 3.8) is 0 Å². The lowest BCUT2D eigenvalue weighted by molar-refractivity contribution is 0.0743. The van der Waals surface area contributed by atoms with Crippen LogP contribution in [0.2, 0.25) is 0 Å². The molecule has 1 rings (SSSR count). The van der Waals surface area contributed by atoms with E-state index in [1.165, 1.54) is 0 Å². The summed E-state index contributed by atoms with van der Waals surface area (Å²) >= 11 is 0. The molecule has 0 radical (unpaired) electrons. The van der Waals surface area contributed by atoms with E-state index in [1.54, 1.807) is 7.11 Å². The van der Waals surface area contributed by atoms with Crippen molar-refractivity contribution in [2.75, 3.05) is 26.9 Å². The van der Waals surface area contributed by atoms with Gasteiger partial charge < -0.3 is 25.2 Å². The summed E-state index contributed by atoms with van der Waals surface area (Å²) in [6, 6.07) is -0.667. The fraction of sp³-hybridized carbons (Fsp3) is 0.909. The summed E-state index contributed by atoms with van der Waals surface area (Å²) < 4.78 is 10.4. The molecule has 17 heavy (non-hydrogen) atoms. The molecule has 1 aliphatic heterocycles. The van der Waals surface area contributed by atoms with Crippen LogP contribution in [-0.2, 0) is 9.47 Å². The van der Waals surface area contributed by atoms with Gasteiger partial charge in [-0.25, -0.2) is 4.79 Å². The molecule has 1 fully saturated rings. The van der Waals surface area contributed by atoms with Gasteiger partial charge in [0.2, 0.25) is 0 Å². The van der Waals surface area contributed by atoms with E-state index in [2.05, 4.69) is 10.6 Å². The summed E-state index contributed by atoms with van der Waals surface area (Å²) in [5.74, 6) is 0.184. The Morgan fingerprint density at radius 2 is 2.24 bits per heavy atom. The van der Waals surface area contributed by atoms with Gasteiger partial charge in [-0.3, -0.25) is 0 Å². The Morgan fingerprint density at radius 1 is 1.53 bits per heavy atom. The number of aliphatic hydroxyl groups excluding tert-OH is 1. The van der Waals surface area contributed by atoms with Gasteiger partial charge in [0, 0.05) is 7.11 Å². The highest BCUT2D eigenvalue weighted by Gasteiger charge is 2.30. The number of hydrogen-bond acceptors (Lipinski definition) is 4. The normalized spacial score (nSPS) is 25.9. The molecule has 3 N–H and O–H groups in total. The van der Waals surface area contributed by atoms with E-state index in [4.69, 9.17) is 14.6 Å². The average Bonchev–Trinajstić information content (AvgIpc) is 2.72. The second-order valence-corrected chi connectivity index (χ2v) is 4.57. The molecule has 1 saturated heterocycles. The third-order valence-electron chi connectivity index (χ3n) is 2.97. The molecule has 100 valence electrons. The Kier molecular flexibility index (Phi) is 5.67. The second kappa shape index (κ2) is 6.78. The Balaban J connectivity index is 2.38. The molecule has 0 aromatic heterocycles. The summed E-state index contributed by atoms with van der Waals surface area (Å²) in [6.45, 7) is 4.77. The van der Waals surface area contributed by atoms with E-state index in [1.807, 2.05) is 13.8 Å². The highest BCUT2D eigenvalue weighted by Crippen LogP contribution is 2.08. The van der Waals surface area contributed by atoms with Crippen molar-refractivity contribution in [3.8, 4) is 0 Å². The van der Waals surface area contributed by atoms with E-state index < -0.39 is 0 Å². The topological polar surface area (TPSA) is 79.8 Å². The molecule has 6 nitrogen and oxygen atoms in total. The SMILES string of the molecule is CO[C@@H]1COC[C@@H]1NC(=O)N[C@@H](CO)C(C)C. The van der Waals surface area contributed by atoms with Crippen molar-refractivity contribution in [1.82, 2.24) is 10.6 Å². The maximum atomic E-state index is 11.7. The molecule has 1 heterocycles. The van der Waals surface area contributed by atoms with Gasteiger partial charge in [-0.05, 0) is 5.92 Å². The van der Waals surface area contributed by atoms with Crippen LogP contribution in [0.4, 0.5) is 4.79 Å². The van der Waals surface area contributed by atoms with Crippen LogP contribution in [0.3, 0.4) is 0 Å². The van der Waals surface area contributed by atoms with Crippen LogP contribution in [0.5, 0.6) is 0 Å². The maximum Gasteiger partial charge on any atom is 0.315 e. The Hall–Kier alpha value is -0.850. The van der Waals surface area contributed by atoms with Crippen LogP contribution >= 0.6 is 0 Å². The van der Waals surface area contributed by atoms with Crippen LogP contribution < -0.4 is 10.6 Å². The largest absolute Gasteiger partial charge is 0.394 e. The number of rotatable bonds is 5. The Morgan fingerprint density at radius 3 is 2.76 bits per heavy atom. The van der Waals surface area contributed by atoms with Crippen LogP contribution in [0.15, 0.2) is 0 Å². The van der Waals surface area contributed by atoms with Gasteiger partial charge in [0.1, 0.15) is 6.10 Å². The number of ether oxygens (including phenoxy) is 2. The van der Waals surface area contributed by atoms with Gasteiger partial charge in [-0.1, -0.05) is 13.8 Å². The summed E-state index contributed by atoms with van der Waals surface area (Å²) in [5, 5.41) is 14.6. The predicted octanol–water partition coefficient (Wildman–Crippen LogP) is -0.284. The number of nitrogens with one attached hydrogen (secondary N) is 2. The number of carbonyl (C=O) groups is 1. The second-order valence-electron chi connectivity index (χ2n) is 4.57. The van der Waals surface area contributed by atoms with Crippen LogP contribution in [0.1, 0.15) is 13.8 Å². The zero-order valence-corrected chi connectivity index (χ0v) is 10.6. The molecule has 1 aliphatic rings. The van der Waals surface area contributed by atoms with Gasteiger partial charge in [0.25, 0.3) is 0 Å². The van der Waals surface area contributed by atoms with Gasteiger partial charge >= 0.3 is 6.03 Å². The zero-order valence-electron chi connectivity index (χ0n) is 10.6. The molecule has 6 heteroatoms. The lowest BCUT2D eigenvalue weighted by Crippen LogP contribution is -2.52. The number of carbonyl (C=O) groups excluding carboxylic acids is 1. The van der Waals surface area contributed by atoms with Gasteiger partial charge in [0.15, 0.2) is 0 Å². The summed E-state index contributed by atoms with van der Waals surface area (Å²) in [6.07, 6.45) is -0.104. The maximum absolute atomic E-state index is 11.7.